The van der Waals surface area contributed by atoms with Crippen LogP contribution in [0, 0.1) is 0 Å². The number of pyridine rings is 1. The molecule has 1 saturated carbocycles. The molecule has 21 heavy (non-hydrogen) atoms. The molecule has 2 unspecified atom stereocenters. The number of nitrogens with one attached hydrogen (secondary N) is 2. The highest BCUT2D eigenvalue weighted by molar-refractivity contribution is 7.89. The maximum absolute atomic E-state index is 12.5. The predicted molar refractivity (Wildman–Crippen MR) is 81.8 cm³/mol. The van der Waals surface area contributed by atoms with Crippen molar-refractivity contribution in [2.75, 3.05) is 19.0 Å². The normalized spacial score (nSPS) is 22.4. The molecule has 1 aliphatic carbocycles. The van der Waals surface area contributed by atoms with Crippen LogP contribution in [-0.4, -0.2) is 39.2 Å². The van der Waals surface area contributed by atoms with Crippen molar-refractivity contribution in [1.82, 2.24) is 9.71 Å². The van der Waals surface area contributed by atoms with Crippen LogP contribution in [0.15, 0.2) is 23.2 Å². The monoisotopic (exact) mass is 313 g/mol. The average molecular weight is 313 g/mol. The largest absolute Gasteiger partial charge is 0.381 e. The molecule has 0 saturated heterocycles. The van der Waals surface area contributed by atoms with Crippen molar-refractivity contribution in [3.05, 3.63) is 18.3 Å². The third kappa shape index (κ3) is 4.15. The van der Waals surface area contributed by atoms with E-state index in [1.807, 2.05) is 6.92 Å². The Bertz CT molecular complexity index is 562. The molecule has 6 nitrogen and oxygen atoms in total. The first-order chi connectivity index (χ1) is 10.1. The van der Waals surface area contributed by atoms with Crippen molar-refractivity contribution in [1.29, 1.82) is 0 Å². The zero-order valence-electron chi connectivity index (χ0n) is 12.5. The number of hydrogen-bond acceptors (Lipinski definition) is 5. The second-order valence-corrected chi connectivity index (χ2v) is 6.95. The van der Waals surface area contributed by atoms with Crippen LogP contribution in [-0.2, 0) is 14.8 Å². The molecule has 1 aromatic heterocycles. The summed E-state index contributed by atoms with van der Waals surface area (Å²) in [7, 11) is -1.90. The van der Waals surface area contributed by atoms with Crippen molar-refractivity contribution in [3.63, 3.8) is 0 Å². The van der Waals surface area contributed by atoms with E-state index in [0.717, 1.165) is 19.3 Å². The quantitative estimate of drug-likeness (QED) is 0.801. The van der Waals surface area contributed by atoms with Crippen molar-refractivity contribution in [2.24, 2.45) is 0 Å². The van der Waals surface area contributed by atoms with Gasteiger partial charge in [-0.25, -0.2) is 18.1 Å². The average Bonchev–Trinajstić information content (AvgIpc) is 2.92. The lowest BCUT2D eigenvalue weighted by molar-refractivity contribution is 0.107. The Morgan fingerprint density at radius 2 is 2.24 bits per heavy atom. The lowest BCUT2D eigenvalue weighted by Gasteiger charge is -2.15. The summed E-state index contributed by atoms with van der Waals surface area (Å²) in [5.74, 6) is 0.410. The van der Waals surface area contributed by atoms with Gasteiger partial charge in [0.2, 0.25) is 10.0 Å². The SMILES string of the molecule is CCCNc1ncccc1S(=O)(=O)NC1CCC(OC)C1. The third-order valence-electron chi connectivity index (χ3n) is 3.64. The standard InChI is InChI=1S/C14H23N3O3S/c1-3-8-15-14-13(5-4-9-16-14)21(18,19)17-11-6-7-12(10-11)20-2/h4-5,9,11-12,17H,3,6-8,10H2,1-2H3,(H,15,16). The van der Waals surface area contributed by atoms with Gasteiger partial charge in [-0.3, -0.25) is 0 Å². The fraction of sp³-hybridized carbons (Fsp3) is 0.643. The molecule has 2 rings (SSSR count). The summed E-state index contributed by atoms with van der Waals surface area (Å²) in [4.78, 5) is 4.34. The Morgan fingerprint density at radius 3 is 2.90 bits per heavy atom. The Kier molecular flexibility index (Phi) is 5.55. The van der Waals surface area contributed by atoms with Crippen molar-refractivity contribution in [2.45, 2.75) is 49.6 Å². The van der Waals surface area contributed by atoms with E-state index in [9.17, 15) is 8.42 Å². The zero-order chi connectivity index (χ0) is 15.3. The molecule has 2 N–H and O–H groups in total. The number of ether oxygens (including phenoxy) is 1. The number of aromatic nitrogens is 1. The van der Waals surface area contributed by atoms with Crippen LogP contribution in [0.3, 0.4) is 0 Å². The van der Waals surface area contributed by atoms with Gasteiger partial charge in [0.25, 0.3) is 0 Å². The van der Waals surface area contributed by atoms with Gasteiger partial charge in [0.15, 0.2) is 0 Å². The second-order valence-electron chi connectivity index (χ2n) is 5.27. The van der Waals surface area contributed by atoms with E-state index in [2.05, 4.69) is 15.0 Å². The Balaban J connectivity index is 2.12. The molecule has 1 heterocycles. The van der Waals surface area contributed by atoms with Gasteiger partial charge in [-0.2, -0.15) is 0 Å². The van der Waals surface area contributed by atoms with Crippen LogP contribution < -0.4 is 10.0 Å². The lowest BCUT2D eigenvalue weighted by Crippen LogP contribution is -2.34. The molecule has 1 aromatic rings. The van der Waals surface area contributed by atoms with Crippen LogP contribution in [0.4, 0.5) is 5.82 Å². The topological polar surface area (TPSA) is 80.3 Å². The molecule has 0 bridgehead atoms. The minimum Gasteiger partial charge on any atom is -0.381 e. The van der Waals surface area contributed by atoms with Crippen LogP contribution in [0.1, 0.15) is 32.6 Å². The molecule has 7 heteroatoms. The van der Waals surface area contributed by atoms with Crippen LogP contribution >= 0.6 is 0 Å². The Labute approximate surface area is 126 Å². The maximum atomic E-state index is 12.5. The summed E-state index contributed by atoms with van der Waals surface area (Å²) in [6.45, 7) is 2.71. The van der Waals surface area contributed by atoms with Gasteiger partial charge in [0.1, 0.15) is 10.7 Å². The van der Waals surface area contributed by atoms with E-state index in [0.29, 0.717) is 18.8 Å². The number of anilines is 1. The third-order valence-corrected chi connectivity index (χ3v) is 5.19. The summed E-state index contributed by atoms with van der Waals surface area (Å²) >= 11 is 0. The summed E-state index contributed by atoms with van der Waals surface area (Å²) in [6, 6.07) is 3.15. The van der Waals surface area contributed by atoms with E-state index in [4.69, 9.17) is 4.74 Å². The second kappa shape index (κ2) is 7.20. The molecule has 0 aromatic carbocycles. The molecule has 2 atom stereocenters. The summed E-state index contributed by atoms with van der Waals surface area (Å²) in [5, 5.41) is 3.06. The maximum Gasteiger partial charge on any atom is 0.244 e. The van der Waals surface area contributed by atoms with Gasteiger partial charge >= 0.3 is 0 Å². The van der Waals surface area contributed by atoms with Crippen LogP contribution in [0.5, 0.6) is 0 Å². The van der Waals surface area contributed by atoms with Gasteiger partial charge in [-0.05, 0) is 37.8 Å². The smallest absolute Gasteiger partial charge is 0.244 e. The van der Waals surface area contributed by atoms with Gasteiger partial charge in [-0.1, -0.05) is 6.92 Å². The molecule has 0 spiro atoms. The van der Waals surface area contributed by atoms with Gasteiger partial charge in [-0.15, -0.1) is 0 Å². The highest BCUT2D eigenvalue weighted by Crippen LogP contribution is 2.25. The van der Waals surface area contributed by atoms with Crippen LogP contribution in [0.2, 0.25) is 0 Å². The fourth-order valence-electron chi connectivity index (χ4n) is 2.53. The summed E-state index contributed by atoms with van der Waals surface area (Å²) in [5.41, 5.74) is 0. The van der Waals surface area contributed by atoms with E-state index in [-0.39, 0.29) is 17.0 Å². The number of methoxy groups -OCH3 is 1. The van der Waals surface area contributed by atoms with E-state index >= 15 is 0 Å². The highest BCUT2D eigenvalue weighted by atomic mass is 32.2. The van der Waals surface area contributed by atoms with Gasteiger partial charge < -0.3 is 10.1 Å². The molecule has 0 amide bonds. The lowest BCUT2D eigenvalue weighted by atomic mass is 10.3. The first-order valence-corrected chi connectivity index (χ1v) is 8.79. The molecule has 0 aliphatic heterocycles. The molecule has 118 valence electrons. The van der Waals surface area contributed by atoms with Crippen molar-refractivity contribution >= 4 is 15.8 Å². The Morgan fingerprint density at radius 1 is 1.43 bits per heavy atom. The van der Waals surface area contributed by atoms with Crippen molar-refractivity contribution in [3.8, 4) is 0 Å². The first kappa shape index (κ1) is 16.2. The Hall–Kier alpha value is -1.18. The number of sulfonamides is 1. The number of hydrogen-bond donors (Lipinski definition) is 2. The molecular weight excluding hydrogens is 290 g/mol. The van der Waals surface area contributed by atoms with E-state index in [1.165, 1.54) is 0 Å². The summed E-state index contributed by atoms with van der Waals surface area (Å²) < 4.78 is 33.1. The zero-order valence-corrected chi connectivity index (χ0v) is 13.3. The number of rotatable bonds is 7. The fourth-order valence-corrected chi connectivity index (χ4v) is 3.94. The number of nitrogens with zero attached hydrogens (tertiary/aromatic N) is 1. The minimum absolute atomic E-state index is 0.0702. The van der Waals surface area contributed by atoms with Gasteiger partial charge in [0.05, 0.1) is 6.10 Å². The molecular formula is C14H23N3O3S. The highest BCUT2D eigenvalue weighted by Gasteiger charge is 2.29. The van der Waals surface area contributed by atoms with Gasteiger partial charge in [0, 0.05) is 25.9 Å². The van der Waals surface area contributed by atoms with E-state index < -0.39 is 10.0 Å². The first-order valence-electron chi connectivity index (χ1n) is 7.31. The van der Waals surface area contributed by atoms with Crippen LogP contribution in [0.25, 0.3) is 0 Å². The van der Waals surface area contributed by atoms with E-state index in [1.54, 1.807) is 25.4 Å². The summed E-state index contributed by atoms with van der Waals surface area (Å²) in [6.07, 6.45) is 5.04. The van der Waals surface area contributed by atoms with Crippen molar-refractivity contribution < 1.29 is 13.2 Å². The minimum atomic E-state index is -3.57. The molecule has 1 aliphatic rings. The predicted octanol–water partition coefficient (Wildman–Crippen LogP) is 1.75. The molecule has 0 radical (unpaired) electrons. The molecule has 1 fully saturated rings.